The number of fused-ring (bicyclic) bond motifs is 2. The highest BCUT2D eigenvalue weighted by atomic mass is 35.5. The van der Waals surface area contributed by atoms with Gasteiger partial charge in [0.1, 0.15) is 0 Å². The molecule has 0 spiro atoms. The van der Waals surface area contributed by atoms with Crippen molar-refractivity contribution in [3.8, 4) is 0 Å². The Balaban J connectivity index is 1.54. The van der Waals surface area contributed by atoms with Crippen LogP contribution in [0.25, 0.3) is 21.9 Å². The molecule has 0 unspecified atom stereocenters. The monoisotopic (exact) mass is 444 g/mol. The minimum Gasteiger partial charge on any atom is -0.383 e. The number of rotatable bonds is 8. The van der Waals surface area contributed by atoms with Crippen LogP contribution in [-0.2, 0) is 17.8 Å². The number of aromatic amines is 1. The van der Waals surface area contributed by atoms with Crippen molar-refractivity contribution in [2.24, 2.45) is 0 Å². The number of benzene rings is 2. The summed E-state index contributed by atoms with van der Waals surface area (Å²) in [4.78, 5) is 32.7. The Bertz CT molecular complexity index is 1310. The average Bonchev–Trinajstić information content (AvgIpc) is 3.05. The number of hydrogen-bond donors (Lipinski definition) is 1. The lowest BCUT2D eigenvalue weighted by atomic mass is 10.2. The van der Waals surface area contributed by atoms with Gasteiger partial charge in [-0.3, -0.25) is 13.9 Å². The summed E-state index contributed by atoms with van der Waals surface area (Å²) in [5.74, 6) is 0.706. The van der Waals surface area contributed by atoms with Gasteiger partial charge >= 0.3 is 5.69 Å². The van der Waals surface area contributed by atoms with Gasteiger partial charge in [0.2, 0.25) is 0 Å². The van der Waals surface area contributed by atoms with Crippen molar-refractivity contribution < 1.29 is 4.74 Å². The van der Waals surface area contributed by atoms with Crippen molar-refractivity contribution in [3.05, 3.63) is 68.3 Å². The van der Waals surface area contributed by atoms with Gasteiger partial charge in [0.05, 0.1) is 35.1 Å². The van der Waals surface area contributed by atoms with E-state index in [1.807, 2.05) is 24.3 Å². The van der Waals surface area contributed by atoms with Crippen LogP contribution in [0, 0.1) is 0 Å². The fraction of sp³-hybridized carbons (Fsp3) is 0.286. The molecule has 0 aliphatic heterocycles. The molecule has 30 heavy (non-hydrogen) atoms. The number of aromatic nitrogens is 4. The summed E-state index contributed by atoms with van der Waals surface area (Å²) < 4.78 is 8.53. The van der Waals surface area contributed by atoms with Gasteiger partial charge in [-0.05, 0) is 36.8 Å². The molecule has 2 heterocycles. The van der Waals surface area contributed by atoms with Crippen LogP contribution in [0.1, 0.15) is 6.42 Å². The molecular formula is C21H21ClN4O3S. The van der Waals surface area contributed by atoms with Gasteiger partial charge in [0, 0.05) is 24.4 Å². The summed E-state index contributed by atoms with van der Waals surface area (Å²) in [5, 5.41) is 1.70. The maximum absolute atomic E-state index is 12.9. The fourth-order valence-electron chi connectivity index (χ4n) is 3.38. The number of ether oxygens (including phenoxy) is 1. The van der Waals surface area contributed by atoms with Crippen molar-refractivity contribution in [2.45, 2.75) is 24.7 Å². The number of para-hydroxylation sites is 2. The van der Waals surface area contributed by atoms with E-state index in [-0.39, 0.29) is 11.2 Å². The summed E-state index contributed by atoms with van der Waals surface area (Å²) in [6.45, 7) is 1.42. The molecule has 0 fully saturated rings. The Morgan fingerprint density at radius 1 is 1.13 bits per heavy atom. The van der Waals surface area contributed by atoms with Gasteiger partial charge in [-0.15, -0.1) is 0 Å². The van der Waals surface area contributed by atoms with E-state index in [0.29, 0.717) is 46.5 Å². The first-order chi connectivity index (χ1) is 14.6. The normalized spacial score (nSPS) is 11.5. The van der Waals surface area contributed by atoms with Gasteiger partial charge in [-0.2, -0.15) is 0 Å². The van der Waals surface area contributed by atoms with E-state index >= 15 is 0 Å². The molecule has 0 aliphatic rings. The molecule has 0 radical (unpaired) electrons. The molecule has 0 saturated heterocycles. The van der Waals surface area contributed by atoms with Crippen LogP contribution in [0.4, 0.5) is 0 Å². The van der Waals surface area contributed by atoms with E-state index in [4.69, 9.17) is 16.3 Å². The smallest absolute Gasteiger partial charge is 0.326 e. The highest BCUT2D eigenvalue weighted by molar-refractivity contribution is 7.99. The molecule has 9 heteroatoms. The topological polar surface area (TPSA) is 81.9 Å². The first kappa shape index (κ1) is 20.7. The van der Waals surface area contributed by atoms with E-state index in [9.17, 15) is 9.59 Å². The number of methoxy groups -OCH3 is 1. The maximum Gasteiger partial charge on any atom is 0.326 e. The maximum atomic E-state index is 12.9. The van der Waals surface area contributed by atoms with Crippen molar-refractivity contribution in [1.82, 2.24) is 19.1 Å². The fourth-order valence-corrected chi connectivity index (χ4v) is 4.49. The largest absolute Gasteiger partial charge is 0.383 e. The van der Waals surface area contributed by atoms with E-state index in [2.05, 4.69) is 9.97 Å². The number of thioether (sulfide) groups is 1. The minimum absolute atomic E-state index is 0.107. The van der Waals surface area contributed by atoms with Crippen LogP contribution in [0.5, 0.6) is 0 Å². The molecule has 2 aromatic carbocycles. The predicted molar refractivity (Wildman–Crippen MR) is 121 cm³/mol. The summed E-state index contributed by atoms with van der Waals surface area (Å²) >= 11 is 7.58. The number of imidazole rings is 1. The molecule has 0 amide bonds. The zero-order valence-corrected chi connectivity index (χ0v) is 18.0. The van der Waals surface area contributed by atoms with E-state index < -0.39 is 0 Å². The molecule has 4 rings (SSSR count). The lowest BCUT2D eigenvalue weighted by molar-refractivity contribution is 0.183. The average molecular weight is 445 g/mol. The summed E-state index contributed by atoms with van der Waals surface area (Å²) in [6.07, 6.45) is 0.750. The molecule has 156 valence electrons. The highest BCUT2D eigenvalue weighted by Gasteiger charge is 2.12. The van der Waals surface area contributed by atoms with Crippen molar-refractivity contribution >= 4 is 45.3 Å². The third-order valence-electron chi connectivity index (χ3n) is 4.84. The second kappa shape index (κ2) is 9.07. The Hall–Kier alpha value is -2.55. The van der Waals surface area contributed by atoms with Crippen LogP contribution >= 0.6 is 23.4 Å². The van der Waals surface area contributed by atoms with Crippen molar-refractivity contribution in [2.75, 3.05) is 19.5 Å². The van der Waals surface area contributed by atoms with E-state index in [0.717, 1.165) is 17.5 Å². The van der Waals surface area contributed by atoms with Gasteiger partial charge < -0.3 is 9.72 Å². The third-order valence-corrected chi connectivity index (χ3v) is 6.14. The van der Waals surface area contributed by atoms with E-state index in [1.165, 1.54) is 11.8 Å². The number of nitrogens with one attached hydrogen (secondary N) is 1. The third kappa shape index (κ3) is 4.16. The Labute approximate surface area is 181 Å². The Kier molecular flexibility index (Phi) is 6.26. The van der Waals surface area contributed by atoms with Gasteiger partial charge in [0.25, 0.3) is 5.56 Å². The molecular weight excluding hydrogens is 424 g/mol. The molecule has 2 aromatic heterocycles. The van der Waals surface area contributed by atoms with Crippen molar-refractivity contribution in [3.63, 3.8) is 0 Å². The first-order valence-corrected chi connectivity index (χ1v) is 10.9. The number of aryl methyl sites for hydroxylation is 1. The predicted octanol–water partition coefficient (Wildman–Crippen LogP) is 3.52. The Morgan fingerprint density at radius 2 is 1.97 bits per heavy atom. The molecule has 4 aromatic rings. The quantitative estimate of drug-likeness (QED) is 0.255. The van der Waals surface area contributed by atoms with Crippen LogP contribution in [0.3, 0.4) is 0 Å². The number of halogens is 1. The van der Waals surface area contributed by atoms with Crippen LogP contribution < -0.4 is 11.2 Å². The van der Waals surface area contributed by atoms with Gasteiger partial charge in [-0.1, -0.05) is 35.5 Å². The standard InChI is InChI=1S/C21H21ClN4O3S/c1-29-11-10-26-19(27)15-8-7-14(22)13-17(15)24-21(26)30-12-4-9-25-18-6-3-2-5-16(18)23-20(25)28/h2-3,5-8,13H,4,9-12H2,1H3,(H,23,28). The zero-order valence-electron chi connectivity index (χ0n) is 16.4. The van der Waals surface area contributed by atoms with E-state index in [1.54, 1.807) is 34.4 Å². The molecule has 0 bridgehead atoms. The molecule has 0 saturated carbocycles. The number of nitrogens with zero attached hydrogens (tertiary/aromatic N) is 3. The van der Waals surface area contributed by atoms with Crippen LogP contribution in [0.2, 0.25) is 5.02 Å². The molecule has 7 nitrogen and oxygen atoms in total. The SMILES string of the molecule is COCCn1c(SCCCn2c(=O)[nH]c3ccccc32)nc2cc(Cl)ccc2c1=O. The molecule has 1 N–H and O–H groups in total. The molecule has 0 aliphatic carbocycles. The van der Waals surface area contributed by atoms with Gasteiger partial charge in [0.15, 0.2) is 5.16 Å². The van der Waals surface area contributed by atoms with Crippen molar-refractivity contribution in [1.29, 1.82) is 0 Å². The minimum atomic E-state index is -0.114. The number of hydrogen-bond acceptors (Lipinski definition) is 5. The van der Waals surface area contributed by atoms with Gasteiger partial charge in [-0.25, -0.2) is 9.78 Å². The first-order valence-electron chi connectivity index (χ1n) is 9.58. The second-order valence-electron chi connectivity index (χ2n) is 6.81. The summed E-state index contributed by atoms with van der Waals surface area (Å²) in [5.41, 5.74) is 2.08. The zero-order chi connectivity index (χ0) is 21.1. The highest BCUT2D eigenvalue weighted by Crippen LogP contribution is 2.21. The molecule has 0 atom stereocenters. The Morgan fingerprint density at radius 3 is 2.80 bits per heavy atom. The lowest BCUT2D eigenvalue weighted by Gasteiger charge is -2.13. The number of H-pyrrole nitrogens is 1. The van der Waals surface area contributed by atoms with Crippen LogP contribution in [0.15, 0.2) is 57.2 Å². The summed E-state index contributed by atoms with van der Waals surface area (Å²) in [7, 11) is 1.60. The lowest BCUT2D eigenvalue weighted by Crippen LogP contribution is -2.25. The summed E-state index contributed by atoms with van der Waals surface area (Å²) in [6, 6.07) is 12.7. The van der Waals surface area contributed by atoms with Crippen LogP contribution in [-0.4, -0.2) is 38.6 Å². The second-order valence-corrected chi connectivity index (χ2v) is 8.30.